The molecule has 2 heterocycles. The van der Waals surface area contributed by atoms with Crippen LogP contribution in [0.4, 0.5) is 0 Å². The zero-order valence-electron chi connectivity index (χ0n) is 30.7. The van der Waals surface area contributed by atoms with E-state index in [9.17, 15) is 0 Å². The molecule has 11 rings (SSSR count). The van der Waals surface area contributed by atoms with Crippen molar-refractivity contribution in [1.29, 1.82) is 0 Å². The Morgan fingerprint density at radius 3 is 1.00 bits per heavy atom. The Hall–Kier alpha value is -7.42. The van der Waals surface area contributed by atoms with Crippen LogP contribution in [0.2, 0.25) is 0 Å². The van der Waals surface area contributed by atoms with E-state index < -0.39 is 0 Å². The van der Waals surface area contributed by atoms with Crippen LogP contribution < -0.4 is 0 Å². The number of nitrogens with zero attached hydrogens (tertiary/aromatic N) is 2. The van der Waals surface area contributed by atoms with Gasteiger partial charge in [0.25, 0.3) is 0 Å². The van der Waals surface area contributed by atoms with Gasteiger partial charge >= 0.3 is 0 Å². The molecule has 0 saturated heterocycles. The second-order valence-electron chi connectivity index (χ2n) is 14.6. The van der Waals surface area contributed by atoms with Crippen LogP contribution in [0.15, 0.2) is 218 Å². The highest BCUT2D eigenvalue weighted by Gasteiger charge is 2.16. The predicted molar refractivity (Wildman–Crippen MR) is 237 cm³/mol. The highest BCUT2D eigenvalue weighted by atomic mass is 15.0. The summed E-state index contributed by atoms with van der Waals surface area (Å²) in [4.78, 5) is 0. The number of para-hydroxylation sites is 3. The highest BCUT2D eigenvalue weighted by Crippen LogP contribution is 2.38. The summed E-state index contributed by atoms with van der Waals surface area (Å²) in [5.41, 5.74) is 16.8. The third-order valence-corrected chi connectivity index (χ3v) is 11.3. The number of hydrogen-bond donors (Lipinski definition) is 0. The van der Waals surface area contributed by atoms with E-state index in [0.717, 1.165) is 5.69 Å². The molecule has 2 nitrogen and oxygen atoms in total. The SMILES string of the molecule is c1ccc(-c2cc(-c3ccccc3)cc(-c3ccc(-c4ccc(-n5c6ccccc6c6cc(-n7c8ccccc8c8ccccc87)ccc65)cc4)cc3)c2)cc1. The fourth-order valence-electron chi connectivity index (χ4n) is 8.63. The molecule has 0 aliphatic carbocycles. The molecule has 262 valence electrons. The van der Waals surface area contributed by atoms with E-state index in [2.05, 4.69) is 228 Å². The maximum atomic E-state index is 2.40. The van der Waals surface area contributed by atoms with Crippen molar-refractivity contribution in [3.05, 3.63) is 218 Å². The maximum absolute atomic E-state index is 2.40. The number of aromatic nitrogens is 2. The molecule has 2 aromatic heterocycles. The summed E-state index contributed by atoms with van der Waals surface area (Å²) in [6.07, 6.45) is 0. The lowest BCUT2D eigenvalue weighted by Gasteiger charge is -2.12. The smallest absolute Gasteiger partial charge is 0.0542 e. The molecule has 0 spiro atoms. The lowest BCUT2D eigenvalue weighted by Crippen LogP contribution is -1.95. The molecule has 0 aliphatic rings. The first-order valence-electron chi connectivity index (χ1n) is 19.3. The summed E-state index contributed by atoms with van der Waals surface area (Å²) in [6.45, 7) is 0. The predicted octanol–water partition coefficient (Wildman–Crippen LogP) is 14.5. The van der Waals surface area contributed by atoms with Gasteiger partial charge in [0, 0.05) is 32.9 Å². The Kier molecular flexibility index (Phi) is 7.53. The molecule has 0 N–H and O–H groups in total. The van der Waals surface area contributed by atoms with Crippen molar-refractivity contribution >= 4 is 43.6 Å². The first kappa shape index (κ1) is 32.0. The van der Waals surface area contributed by atoms with Crippen molar-refractivity contribution in [1.82, 2.24) is 9.13 Å². The molecule has 0 radical (unpaired) electrons. The zero-order valence-corrected chi connectivity index (χ0v) is 30.7. The van der Waals surface area contributed by atoms with E-state index >= 15 is 0 Å². The van der Waals surface area contributed by atoms with Crippen LogP contribution in [-0.2, 0) is 0 Å². The summed E-state index contributed by atoms with van der Waals surface area (Å²) in [6, 6.07) is 79.4. The zero-order chi connectivity index (χ0) is 37.0. The van der Waals surface area contributed by atoms with E-state index in [-0.39, 0.29) is 0 Å². The Morgan fingerprint density at radius 2 is 0.518 bits per heavy atom. The van der Waals surface area contributed by atoms with Crippen molar-refractivity contribution < 1.29 is 0 Å². The molecule has 0 saturated carbocycles. The second-order valence-corrected chi connectivity index (χ2v) is 14.6. The molecule has 56 heavy (non-hydrogen) atoms. The lowest BCUT2D eigenvalue weighted by molar-refractivity contribution is 1.17. The molecule has 0 aliphatic heterocycles. The van der Waals surface area contributed by atoms with Crippen molar-refractivity contribution in [2.75, 3.05) is 0 Å². The summed E-state index contributed by atoms with van der Waals surface area (Å²) < 4.78 is 4.80. The van der Waals surface area contributed by atoms with Gasteiger partial charge in [0.15, 0.2) is 0 Å². The van der Waals surface area contributed by atoms with Gasteiger partial charge in [-0.1, -0.05) is 152 Å². The highest BCUT2D eigenvalue weighted by molar-refractivity contribution is 6.12. The molecular formula is C54H36N2. The van der Waals surface area contributed by atoms with E-state index in [1.54, 1.807) is 0 Å². The molecule has 2 heteroatoms. The fraction of sp³-hybridized carbons (Fsp3) is 0. The standard InChI is InChI=1S/C54H36N2/c1-3-13-37(14-4-1)42-33-43(38-15-5-2-6-16-38)35-44(34-42)41-25-23-39(24-26-41)40-27-29-45(30-28-40)55-53-22-12-9-19-49(53)50-36-46(31-32-54(50)55)56-51-20-10-7-17-47(51)48-18-8-11-21-52(48)56/h1-36H. The van der Waals surface area contributed by atoms with Crippen LogP contribution in [0.3, 0.4) is 0 Å². The first-order chi connectivity index (χ1) is 27.8. The average Bonchev–Trinajstić information content (AvgIpc) is 3.79. The molecule has 0 fully saturated rings. The quantitative estimate of drug-likeness (QED) is 0.162. The summed E-state index contributed by atoms with van der Waals surface area (Å²) in [7, 11) is 0. The third-order valence-electron chi connectivity index (χ3n) is 11.3. The molecular weight excluding hydrogens is 677 g/mol. The van der Waals surface area contributed by atoms with Gasteiger partial charge < -0.3 is 9.13 Å². The van der Waals surface area contributed by atoms with Crippen LogP contribution in [-0.4, -0.2) is 9.13 Å². The van der Waals surface area contributed by atoms with Crippen molar-refractivity contribution in [2.45, 2.75) is 0 Å². The van der Waals surface area contributed by atoms with Crippen molar-refractivity contribution in [3.63, 3.8) is 0 Å². The Labute approximate surface area is 325 Å². The van der Waals surface area contributed by atoms with Gasteiger partial charge in [0.1, 0.15) is 0 Å². The number of benzene rings is 9. The fourth-order valence-corrected chi connectivity index (χ4v) is 8.63. The number of fused-ring (bicyclic) bond motifs is 6. The van der Waals surface area contributed by atoms with Gasteiger partial charge in [-0.2, -0.15) is 0 Å². The maximum Gasteiger partial charge on any atom is 0.0542 e. The third kappa shape index (κ3) is 5.34. The average molecular weight is 713 g/mol. The van der Waals surface area contributed by atoms with E-state index in [0.29, 0.717) is 0 Å². The molecule has 0 unspecified atom stereocenters. The summed E-state index contributed by atoms with van der Waals surface area (Å²) in [5, 5.41) is 5.03. The van der Waals surface area contributed by atoms with E-state index in [4.69, 9.17) is 0 Å². The van der Waals surface area contributed by atoms with Crippen LogP contribution in [0.5, 0.6) is 0 Å². The molecule has 9 aromatic carbocycles. The molecule has 0 amide bonds. The summed E-state index contributed by atoms with van der Waals surface area (Å²) in [5.74, 6) is 0. The topological polar surface area (TPSA) is 9.86 Å². The largest absolute Gasteiger partial charge is 0.309 e. The Morgan fingerprint density at radius 1 is 0.196 bits per heavy atom. The van der Waals surface area contributed by atoms with Gasteiger partial charge in [0.05, 0.1) is 22.1 Å². The number of rotatable bonds is 6. The molecule has 0 bridgehead atoms. The van der Waals surface area contributed by atoms with Crippen molar-refractivity contribution in [3.8, 4) is 55.9 Å². The first-order valence-corrected chi connectivity index (χ1v) is 19.3. The van der Waals surface area contributed by atoms with Crippen LogP contribution >= 0.6 is 0 Å². The van der Waals surface area contributed by atoms with E-state index in [1.807, 2.05) is 0 Å². The Bertz CT molecular complexity index is 3090. The Balaban J connectivity index is 0.953. The van der Waals surface area contributed by atoms with Crippen LogP contribution in [0.1, 0.15) is 0 Å². The normalized spacial score (nSPS) is 11.6. The van der Waals surface area contributed by atoms with E-state index in [1.165, 1.54) is 93.8 Å². The van der Waals surface area contributed by atoms with Gasteiger partial charge in [0.2, 0.25) is 0 Å². The van der Waals surface area contributed by atoms with Crippen LogP contribution in [0.25, 0.3) is 99.5 Å². The van der Waals surface area contributed by atoms with Gasteiger partial charge in [-0.25, -0.2) is 0 Å². The minimum absolute atomic E-state index is 1.15. The van der Waals surface area contributed by atoms with Crippen molar-refractivity contribution in [2.24, 2.45) is 0 Å². The monoisotopic (exact) mass is 712 g/mol. The second kappa shape index (κ2) is 13.2. The van der Waals surface area contributed by atoms with Crippen LogP contribution in [0, 0.1) is 0 Å². The number of hydrogen-bond acceptors (Lipinski definition) is 0. The van der Waals surface area contributed by atoms with Gasteiger partial charge in [-0.05, 0) is 111 Å². The molecule has 0 atom stereocenters. The summed E-state index contributed by atoms with van der Waals surface area (Å²) >= 11 is 0. The minimum Gasteiger partial charge on any atom is -0.309 e. The van der Waals surface area contributed by atoms with Gasteiger partial charge in [-0.15, -0.1) is 0 Å². The molecule has 11 aromatic rings. The minimum atomic E-state index is 1.15. The lowest BCUT2D eigenvalue weighted by atomic mass is 9.92. The van der Waals surface area contributed by atoms with Gasteiger partial charge in [-0.3, -0.25) is 0 Å².